The summed E-state index contributed by atoms with van der Waals surface area (Å²) in [5, 5.41) is 13.4. The lowest BCUT2D eigenvalue weighted by Crippen LogP contribution is -2.40. The van der Waals surface area contributed by atoms with Gasteiger partial charge in [-0.15, -0.1) is 0 Å². The number of hydrogen-bond donors (Lipinski definition) is 1. The van der Waals surface area contributed by atoms with Crippen LogP contribution in [0.2, 0.25) is 0 Å². The Balaban J connectivity index is 1.11. The third-order valence-electron chi connectivity index (χ3n) is 12.0. The number of fused-ring (bicyclic) bond motifs is 9. The van der Waals surface area contributed by atoms with Crippen LogP contribution in [0.15, 0.2) is 182 Å². The average Bonchev–Trinajstić information content (AvgIpc) is 3.54. The Morgan fingerprint density at radius 2 is 1.09 bits per heavy atom. The van der Waals surface area contributed by atoms with Crippen molar-refractivity contribution in [1.29, 1.82) is 5.26 Å². The van der Waals surface area contributed by atoms with Gasteiger partial charge in [0.1, 0.15) is 0 Å². The van der Waals surface area contributed by atoms with Gasteiger partial charge in [0.15, 0.2) is 0 Å². The number of hydrogen-bond acceptors (Lipinski definition) is 2. The molecule has 0 bridgehead atoms. The Kier molecular flexibility index (Phi) is 7.22. The highest BCUT2D eigenvalue weighted by atomic mass is 14.9. The topological polar surface area (TPSA) is 35.8 Å². The molecule has 0 radical (unpaired) electrons. The maximum Gasteiger partial charge on any atom is 0.0991 e. The van der Waals surface area contributed by atoms with Crippen molar-refractivity contribution in [2.45, 2.75) is 30.7 Å². The zero-order valence-corrected chi connectivity index (χ0v) is 30.3. The highest BCUT2D eigenvalue weighted by Crippen LogP contribution is 2.63. The van der Waals surface area contributed by atoms with E-state index in [-0.39, 0.29) is 11.5 Å². The van der Waals surface area contributed by atoms with Crippen LogP contribution < -0.4 is 5.32 Å². The second-order valence-corrected chi connectivity index (χ2v) is 15.2. The molecule has 2 heteroatoms. The van der Waals surface area contributed by atoms with E-state index in [9.17, 15) is 5.26 Å². The van der Waals surface area contributed by atoms with Gasteiger partial charge in [0.25, 0.3) is 0 Å². The number of nitrogens with one attached hydrogen (secondary N) is 1. The smallest absolute Gasteiger partial charge is 0.0991 e. The lowest BCUT2D eigenvalue weighted by Gasteiger charge is -2.46. The predicted octanol–water partition coefficient (Wildman–Crippen LogP) is 12.0. The lowest BCUT2D eigenvalue weighted by molar-refractivity contribution is 0.563. The third-order valence-corrected chi connectivity index (χ3v) is 12.0. The van der Waals surface area contributed by atoms with Crippen LogP contribution >= 0.6 is 0 Å². The zero-order chi connectivity index (χ0) is 36.4. The molecule has 0 saturated carbocycles. The summed E-state index contributed by atoms with van der Waals surface area (Å²) in [7, 11) is 0. The average molecular weight is 691 g/mol. The largest absolute Gasteiger partial charge is 0.374 e. The zero-order valence-electron chi connectivity index (χ0n) is 30.3. The van der Waals surface area contributed by atoms with Crippen LogP contribution in [0.1, 0.15) is 75.5 Å². The van der Waals surface area contributed by atoms with E-state index in [4.69, 9.17) is 0 Å². The van der Waals surface area contributed by atoms with Crippen LogP contribution in [0.3, 0.4) is 0 Å². The van der Waals surface area contributed by atoms with E-state index in [1.165, 1.54) is 61.2 Å². The molecule has 1 unspecified atom stereocenters. The van der Waals surface area contributed by atoms with E-state index < -0.39 is 5.41 Å². The maximum atomic E-state index is 9.64. The van der Waals surface area contributed by atoms with Crippen molar-refractivity contribution in [2.75, 3.05) is 0 Å². The van der Waals surface area contributed by atoms with Gasteiger partial charge in [0.05, 0.1) is 23.1 Å². The van der Waals surface area contributed by atoms with E-state index >= 15 is 0 Å². The Labute approximate surface area is 317 Å². The number of nitriles is 1. The molecule has 1 spiro atoms. The molecule has 1 atom stereocenters. The first-order valence-electron chi connectivity index (χ1n) is 18.8. The van der Waals surface area contributed by atoms with Crippen LogP contribution in [-0.2, 0) is 10.8 Å². The summed E-state index contributed by atoms with van der Waals surface area (Å²) in [6, 6.07) is 64.0. The third kappa shape index (κ3) is 4.65. The molecule has 256 valence electrons. The molecule has 54 heavy (non-hydrogen) atoms. The quantitative estimate of drug-likeness (QED) is 0.200. The van der Waals surface area contributed by atoms with Crippen molar-refractivity contribution in [3.05, 3.63) is 238 Å². The van der Waals surface area contributed by atoms with Gasteiger partial charge in [0.2, 0.25) is 0 Å². The minimum absolute atomic E-state index is 0.0112. The van der Waals surface area contributed by atoms with E-state index in [0.29, 0.717) is 5.56 Å². The van der Waals surface area contributed by atoms with Crippen LogP contribution in [0.4, 0.5) is 0 Å². The number of benzene rings is 7. The van der Waals surface area contributed by atoms with Crippen molar-refractivity contribution in [1.82, 2.24) is 5.32 Å². The number of dihydropyridines is 1. The lowest BCUT2D eigenvalue weighted by atomic mass is 9.55. The normalized spacial score (nSPS) is 16.8. The fourth-order valence-corrected chi connectivity index (χ4v) is 9.57. The first-order valence-corrected chi connectivity index (χ1v) is 18.8. The fraction of sp³-hybridized carbons (Fsp3) is 0.0962. The van der Waals surface area contributed by atoms with Gasteiger partial charge in [-0.2, -0.15) is 5.26 Å². The van der Waals surface area contributed by atoms with Crippen molar-refractivity contribution >= 4 is 11.3 Å². The molecular formula is C52H38N2. The Bertz CT molecular complexity index is 2670. The Morgan fingerprint density at radius 3 is 1.80 bits per heavy atom. The molecule has 0 saturated heterocycles. The molecule has 2 nitrogen and oxygen atoms in total. The van der Waals surface area contributed by atoms with Gasteiger partial charge in [-0.3, -0.25) is 0 Å². The van der Waals surface area contributed by atoms with Gasteiger partial charge in [-0.25, -0.2) is 0 Å². The van der Waals surface area contributed by atoms with E-state index in [1.807, 2.05) is 18.2 Å². The first kappa shape index (κ1) is 32.0. The summed E-state index contributed by atoms with van der Waals surface area (Å²) < 4.78 is 0. The second kappa shape index (κ2) is 12.2. The summed E-state index contributed by atoms with van der Waals surface area (Å²) in [4.78, 5) is 0. The Morgan fingerprint density at radius 1 is 0.519 bits per heavy atom. The molecule has 2 aliphatic carbocycles. The van der Waals surface area contributed by atoms with Crippen molar-refractivity contribution in [2.24, 2.45) is 0 Å². The van der Waals surface area contributed by atoms with E-state index in [2.05, 4.69) is 189 Å². The van der Waals surface area contributed by atoms with Gasteiger partial charge in [-0.05, 0) is 102 Å². The van der Waals surface area contributed by atoms with Crippen LogP contribution in [0.5, 0.6) is 0 Å². The second-order valence-electron chi connectivity index (χ2n) is 15.2. The van der Waals surface area contributed by atoms with Crippen molar-refractivity contribution in [3.8, 4) is 28.3 Å². The van der Waals surface area contributed by atoms with E-state index in [1.54, 1.807) is 0 Å². The summed E-state index contributed by atoms with van der Waals surface area (Å²) in [5.41, 5.74) is 18.9. The molecule has 10 rings (SSSR count). The van der Waals surface area contributed by atoms with Crippen molar-refractivity contribution < 1.29 is 0 Å². The molecule has 7 aromatic carbocycles. The fourth-order valence-electron chi connectivity index (χ4n) is 9.57. The molecule has 1 N–H and O–H groups in total. The molecular weight excluding hydrogens is 653 g/mol. The first-order chi connectivity index (χ1) is 26.5. The van der Waals surface area contributed by atoms with Gasteiger partial charge >= 0.3 is 0 Å². The molecule has 0 amide bonds. The summed E-state index contributed by atoms with van der Waals surface area (Å²) in [5.74, 6) is 0. The van der Waals surface area contributed by atoms with Crippen LogP contribution in [0, 0.1) is 11.3 Å². The highest BCUT2D eigenvalue weighted by molar-refractivity contribution is 5.97. The monoisotopic (exact) mass is 690 g/mol. The summed E-state index contributed by atoms with van der Waals surface area (Å²) in [6.45, 7) is 4.75. The maximum absolute atomic E-state index is 9.64. The Hall–Kier alpha value is -6.69. The minimum Gasteiger partial charge on any atom is -0.374 e. The number of nitrogens with zero attached hydrogens (tertiary/aromatic N) is 1. The SMILES string of the molecule is CC1(C)c2ccccc2C2(c3ccccc3-c3c(-c4ccc(C5=CC(c6cccc(C#N)c6)=CC(c6ccccc6)N5)cc4)cccc32)c2ccccc21. The number of rotatable bonds is 4. The highest BCUT2D eigenvalue weighted by Gasteiger charge is 2.53. The molecule has 0 fully saturated rings. The predicted molar refractivity (Wildman–Crippen MR) is 221 cm³/mol. The summed E-state index contributed by atoms with van der Waals surface area (Å²) >= 11 is 0. The summed E-state index contributed by atoms with van der Waals surface area (Å²) in [6.07, 6.45) is 4.47. The van der Waals surface area contributed by atoms with Gasteiger partial charge < -0.3 is 5.32 Å². The molecule has 0 aromatic heterocycles. The van der Waals surface area contributed by atoms with Crippen LogP contribution in [-0.4, -0.2) is 0 Å². The molecule has 3 aliphatic rings. The van der Waals surface area contributed by atoms with E-state index in [0.717, 1.165) is 22.4 Å². The minimum atomic E-state index is -0.417. The standard InChI is InChI=1S/C52H38N2/c1-51(2)43-21-8-10-23-45(43)52(46-24-11-9-22-44(46)51)42-20-7-6-18-41(42)50-40(19-13-25-47(50)52)35-26-28-37(29-27-35)49-32-39(38-17-12-14-34(30-38)33-53)31-48(54-49)36-15-4-3-5-16-36/h3-32,48,54H,1-2H3. The van der Waals surface area contributed by atoms with Gasteiger partial charge in [-0.1, -0.05) is 172 Å². The van der Waals surface area contributed by atoms with Gasteiger partial charge in [0, 0.05) is 11.1 Å². The van der Waals surface area contributed by atoms with Crippen LogP contribution in [0.25, 0.3) is 33.5 Å². The van der Waals surface area contributed by atoms with Crippen molar-refractivity contribution in [3.63, 3.8) is 0 Å². The number of allylic oxidation sites excluding steroid dienone is 2. The molecule has 1 aliphatic heterocycles. The molecule has 7 aromatic rings. The molecule has 1 heterocycles.